The summed E-state index contributed by atoms with van der Waals surface area (Å²) in [7, 11) is -4.10. The van der Waals surface area contributed by atoms with E-state index < -0.39 is 16.4 Å². The number of amides is 1. The van der Waals surface area contributed by atoms with Crippen molar-refractivity contribution in [2.45, 2.75) is 6.54 Å². The van der Waals surface area contributed by atoms with E-state index in [1.165, 1.54) is 0 Å². The number of hydrogen-bond donors (Lipinski definition) is 2. The first-order valence-corrected chi connectivity index (χ1v) is 5.43. The van der Waals surface area contributed by atoms with Crippen LogP contribution in [0.1, 0.15) is 5.56 Å². The predicted molar refractivity (Wildman–Crippen MR) is 52.9 cm³/mol. The molecule has 0 bridgehead atoms. The maximum Gasteiger partial charge on any atom is 0.421 e. The number of benzene rings is 1. The third kappa shape index (κ3) is 4.43. The first kappa shape index (κ1) is 11.5. The van der Waals surface area contributed by atoms with Gasteiger partial charge in [-0.3, -0.25) is 0 Å². The van der Waals surface area contributed by atoms with Crippen LogP contribution in [-0.2, 0) is 21.0 Å². The van der Waals surface area contributed by atoms with Crippen LogP contribution in [0.5, 0.6) is 0 Å². The van der Waals surface area contributed by atoms with Crippen LogP contribution in [-0.4, -0.2) is 14.5 Å². The zero-order valence-electron chi connectivity index (χ0n) is 7.71. The van der Waals surface area contributed by atoms with Crippen LogP contribution >= 0.6 is 0 Å². The van der Waals surface area contributed by atoms with Crippen molar-refractivity contribution in [3.8, 4) is 0 Å². The van der Waals surface area contributed by atoms with Crippen molar-refractivity contribution in [3.63, 3.8) is 0 Å². The van der Waals surface area contributed by atoms with Gasteiger partial charge in [0.2, 0.25) is 0 Å². The van der Waals surface area contributed by atoms with E-state index in [-0.39, 0.29) is 6.54 Å². The third-order valence-corrected chi connectivity index (χ3v) is 2.37. The second-order valence-corrected chi connectivity index (χ2v) is 4.03. The molecular formula is C8H10N2O4S. The highest BCUT2D eigenvalue weighted by molar-refractivity contribution is 7.85. The second-order valence-electron chi connectivity index (χ2n) is 2.66. The van der Waals surface area contributed by atoms with Gasteiger partial charge in [-0.15, -0.1) is 0 Å². The second kappa shape index (κ2) is 4.76. The summed E-state index contributed by atoms with van der Waals surface area (Å²) < 4.78 is 27.9. The Morgan fingerprint density at radius 2 is 1.93 bits per heavy atom. The van der Waals surface area contributed by atoms with Crippen molar-refractivity contribution in [2.75, 3.05) is 0 Å². The molecule has 0 aromatic heterocycles. The van der Waals surface area contributed by atoms with E-state index in [9.17, 15) is 13.2 Å². The molecule has 0 saturated carbocycles. The van der Waals surface area contributed by atoms with E-state index in [0.717, 1.165) is 5.56 Å². The first-order valence-electron chi connectivity index (χ1n) is 4.02. The minimum atomic E-state index is -4.10. The molecule has 15 heavy (non-hydrogen) atoms. The van der Waals surface area contributed by atoms with Crippen molar-refractivity contribution in [1.29, 1.82) is 0 Å². The van der Waals surface area contributed by atoms with Crippen LogP contribution in [0.25, 0.3) is 0 Å². The van der Waals surface area contributed by atoms with Gasteiger partial charge in [0.1, 0.15) is 0 Å². The fourth-order valence-corrected chi connectivity index (χ4v) is 1.52. The molecule has 1 aromatic rings. The molecule has 0 saturated heterocycles. The molecule has 7 heteroatoms. The molecule has 0 spiro atoms. The molecule has 6 nitrogen and oxygen atoms in total. The molecule has 3 N–H and O–H groups in total. The lowest BCUT2D eigenvalue weighted by Gasteiger charge is -2.04. The summed E-state index contributed by atoms with van der Waals surface area (Å²) in [4.78, 5) is 10.2. The fraction of sp³-hybridized carbons (Fsp3) is 0.125. The summed E-state index contributed by atoms with van der Waals surface area (Å²) in [5.41, 5.74) is 5.31. The number of primary amides is 1. The van der Waals surface area contributed by atoms with Crippen LogP contribution in [0.4, 0.5) is 4.79 Å². The van der Waals surface area contributed by atoms with E-state index in [4.69, 9.17) is 0 Å². The van der Waals surface area contributed by atoms with Crippen LogP contribution in [0.15, 0.2) is 30.3 Å². The molecule has 1 amide bonds. The van der Waals surface area contributed by atoms with Gasteiger partial charge in [-0.25, -0.2) is 4.79 Å². The van der Waals surface area contributed by atoms with E-state index in [0.29, 0.717) is 0 Å². The lowest BCUT2D eigenvalue weighted by atomic mass is 10.2. The number of rotatable bonds is 4. The largest absolute Gasteiger partial charge is 0.421 e. The Morgan fingerprint density at radius 3 is 2.47 bits per heavy atom. The molecule has 1 aromatic carbocycles. The van der Waals surface area contributed by atoms with Crippen molar-refractivity contribution >= 4 is 16.4 Å². The molecule has 0 fully saturated rings. The Labute approximate surface area is 87.3 Å². The molecule has 0 unspecified atom stereocenters. The molecular weight excluding hydrogens is 220 g/mol. The third-order valence-electron chi connectivity index (χ3n) is 1.49. The maximum atomic E-state index is 11.0. The quantitative estimate of drug-likeness (QED) is 0.767. The van der Waals surface area contributed by atoms with Gasteiger partial charge < -0.3 is 9.92 Å². The lowest BCUT2D eigenvalue weighted by molar-refractivity contribution is 0.212. The van der Waals surface area contributed by atoms with E-state index in [2.05, 4.69) is 14.6 Å². The van der Waals surface area contributed by atoms with Crippen molar-refractivity contribution in [1.82, 2.24) is 4.72 Å². The number of carbonyl (C=O) groups excluding carboxylic acids is 1. The number of nitrogens with two attached hydrogens (primary N) is 1. The number of carbonyl (C=O) groups is 1. The Hall–Kier alpha value is -1.60. The molecule has 0 atom stereocenters. The molecule has 0 radical (unpaired) electrons. The summed E-state index contributed by atoms with van der Waals surface area (Å²) in [5, 5.41) is 0. The van der Waals surface area contributed by atoms with Crippen molar-refractivity contribution in [3.05, 3.63) is 35.9 Å². The molecule has 82 valence electrons. The van der Waals surface area contributed by atoms with Gasteiger partial charge in [0.15, 0.2) is 0 Å². The Balaban J connectivity index is 2.54. The molecule has 0 aliphatic rings. The normalized spacial score (nSPS) is 10.9. The minimum Gasteiger partial charge on any atom is -0.334 e. The van der Waals surface area contributed by atoms with Gasteiger partial charge in [-0.1, -0.05) is 30.3 Å². The highest BCUT2D eigenvalue weighted by atomic mass is 32.2. The number of hydrogen-bond acceptors (Lipinski definition) is 4. The summed E-state index contributed by atoms with van der Waals surface area (Å²) in [6, 6.07) is 8.79. The van der Waals surface area contributed by atoms with Gasteiger partial charge in [0.05, 0.1) is 0 Å². The highest BCUT2D eigenvalue weighted by Crippen LogP contribution is 1.99. The van der Waals surface area contributed by atoms with Crippen LogP contribution in [0, 0.1) is 0 Å². The van der Waals surface area contributed by atoms with Crippen LogP contribution in [0.2, 0.25) is 0 Å². The monoisotopic (exact) mass is 230 g/mol. The highest BCUT2D eigenvalue weighted by Gasteiger charge is 2.13. The smallest absolute Gasteiger partial charge is 0.334 e. The Bertz CT molecular complexity index is 429. The Kier molecular flexibility index (Phi) is 3.64. The van der Waals surface area contributed by atoms with Gasteiger partial charge in [0, 0.05) is 6.54 Å². The van der Waals surface area contributed by atoms with Gasteiger partial charge in [0.25, 0.3) is 0 Å². The van der Waals surface area contributed by atoms with Crippen LogP contribution in [0.3, 0.4) is 0 Å². The Morgan fingerprint density at radius 1 is 1.33 bits per heavy atom. The average Bonchev–Trinajstić information content (AvgIpc) is 2.15. The van der Waals surface area contributed by atoms with E-state index in [1.807, 2.05) is 0 Å². The van der Waals surface area contributed by atoms with Gasteiger partial charge >= 0.3 is 16.4 Å². The molecule has 1 rings (SSSR count). The fourth-order valence-electron chi connectivity index (χ4n) is 0.905. The lowest BCUT2D eigenvalue weighted by Crippen LogP contribution is -2.30. The summed E-state index contributed by atoms with van der Waals surface area (Å²) >= 11 is 0. The van der Waals surface area contributed by atoms with Crippen molar-refractivity contribution < 1.29 is 17.4 Å². The number of nitrogens with one attached hydrogen (secondary N) is 1. The van der Waals surface area contributed by atoms with Crippen molar-refractivity contribution in [2.24, 2.45) is 5.73 Å². The molecule has 0 aliphatic carbocycles. The minimum absolute atomic E-state index is 0.0381. The SMILES string of the molecule is NC(=O)OS(=O)(=O)NCc1ccccc1. The maximum absolute atomic E-state index is 11.0. The van der Waals surface area contributed by atoms with Crippen LogP contribution < -0.4 is 10.5 Å². The average molecular weight is 230 g/mol. The van der Waals surface area contributed by atoms with E-state index >= 15 is 0 Å². The molecule has 0 aliphatic heterocycles. The van der Waals surface area contributed by atoms with Gasteiger partial charge in [-0.05, 0) is 5.56 Å². The first-order chi connectivity index (χ1) is 6.99. The molecule has 0 heterocycles. The summed E-state index contributed by atoms with van der Waals surface area (Å²) in [6.07, 6.45) is -1.37. The van der Waals surface area contributed by atoms with E-state index in [1.54, 1.807) is 30.3 Å². The zero-order chi connectivity index (χ0) is 11.3. The summed E-state index contributed by atoms with van der Waals surface area (Å²) in [5.74, 6) is 0. The zero-order valence-corrected chi connectivity index (χ0v) is 8.53. The summed E-state index contributed by atoms with van der Waals surface area (Å²) in [6.45, 7) is 0.0381. The topological polar surface area (TPSA) is 98.5 Å². The van der Waals surface area contributed by atoms with Gasteiger partial charge in [-0.2, -0.15) is 13.1 Å². The standard InChI is InChI=1S/C8H10N2O4S/c9-8(11)14-15(12,13)10-6-7-4-2-1-3-5-7/h1-5,10H,6H2,(H2,9,11). The predicted octanol–water partition coefficient (Wildman–Crippen LogP) is 0.116.